The Morgan fingerprint density at radius 2 is 1.74 bits per heavy atom. The maximum Gasteiger partial charge on any atom is 0.265 e. The third-order valence-electron chi connectivity index (χ3n) is 7.18. The largest absolute Gasteiger partial charge is 0.352 e. The number of nitrogens with one attached hydrogen (secondary N) is 1. The number of rotatable bonds is 11. The van der Waals surface area contributed by atoms with Crippen LogP contribution in [0.3, 0.4) is 0 Å². The first-order valence-corrected chi connectivity index (χ1v) is 15.4. The van der Waals surface area contributed by atoms with Gasteiger partial charge in [0.1, 0.15) is 6.04 Å². The zero-order valence-electron chi connectivity index (χ0n) is 22.3. The molecule has 0 aromatic heterocycles. The molecule has 3 aromatic carbocycles. The molecule has 0 saturated heterocycles. The standard InChI is InChI=1S/C29H33Cl2N3O4S/c1-4-19(3)32-29(36)24(5-2)33(18-21-14-15-22(30)17-23(21)31)27(35)13-8-16-34-25-11-6-9-20-10-7-12-26(28(20)25)39(34,37)38/h6-7,9-12,14-15,17,19,24H,4-5,8,13,16,18H2,1-3H3,(H,32,36)/t19-,24-/m1/s1. The smallest absolute Gasteiger partial charge is 0.265 e. The lowest BCUT2D eigenvalue weighted by Crippen LogP contribution is -2.50. The van der Waals surface area contributed by atoms with Gasteiger partial charge in [0, 0.05) is 41.0 Å². The van der Waals surface area contributed by atoms with Crippen LogP contribution in [0.25, 0.3) is 10.8 Å². The molecular weight excluding hydrogens is 557 g/mol. The van der Waals surface area contributed by atoms with Gasteiger partial charge in [0.15, 0.2) is 0 Å². The Hall–Kier alpha value is -2.81. The summed E-state index contributed by atoms with van der Waals surface area (Å²) < 4.78 is 28.0. The van der Waals surface area contributed by atoms with Crippen molar-refractivity contribution in [2.75, 3.05) is 10.8 Å². The summed E-state index contributed by atoms with van der Waals surface area (Å²) in [7, 11) is -3.71. The first-order valence-electron chi connectivity index (χ1n) is 13.2. The minimum atomic E-state index is -3.71. The Morgan fingerprint density at radius 3 is 2.41 bits per heavy atom. The topological polar surface area (TPSA) is 86.8 Å². The number of nitrogens with zero attached hydrogens (tertiary/aromatic N) is 2. The first-order chi connectivity index (χ1) is 18.6. The molecule has 1 aliphatic heterocycles. The molecule has 3 aromatic rings. The molecule has 2 atom stereocenters. The Balaban J connectivity index is 1.54. The minimum Gasteiger partial charge on any atom is -0.352 e. The van der Waals surface area contributed by atoms with Crippen LogP contribution < -0.4 is 9.62 Å². The summed E-state index contributed by atoms with van der Waals surface area (Å²) in [5.41, 5.74) is 1.30. The van der Waals surface area contributed by atoms with Gasteiger partial charge in [-0.25, -0.2) is 8.42 Å². The summed E-state index contributed by atoms with van der Waals surface area (Å²) in [4.78, 5) is 28.6. The van der Waals surface area contributed by atoms with Crippen molar-refractivity contribution in [3.63, 3.8) is 0 Å². The van der Waals surface area contributed by atoms with Crippen LogP contribution in [-0.2, 0) is 26.2 Å². The van der Waals surface area contributed by atoms with Crippen molar-refractivity contribution in [3.8, 4) is 0 Å². The van der Waals surface area contributed by atoms with E-state index in [1.165, 1.54) is 4.31 Å². The summed E-state index contributed by atoms with van der Waals surface area (Å²) in [6, 6.07) is 15.1. The van der Waals surface area contributed by atoms with Crippen LogP contribution in [-0.4, -0.2) is 43.8 Å². The maximum absolute atomic E-state index is 13.6. The second-order valence-corrected chi connectivity index (χ2v) is 12.5. The molecule has 1 aliphatic rings. The molecule has 0 aliphatic carbocycles. The normalized spacial score (nSPS) is 15.3. The number of carbonyl (C=O) groups is 2. The van der Waals surface area contributed by atoms with Crippen LogP contribution in [0.4, 0.5) is 5.69 Å². The number of sulfonamides is 1. The van der Waals surface area contributed by atoms with Crippen molar-refractivity contribution < 1.29 is 18.0 Å². The van der Waals surface area contributed by atoms with Crippen LogP contribution in [0.1, 0.15) is 52.0 Å². The number of halogens is 2. The molecule has 4 rings (SSSR count). The lowest BCUT2D eigenvalue weighted by atomic mass is 10.1. The average Bonchev–Trinajstić information content (AvgIpc) is 3.12. The van der Waals surface area contributed by atoms with Crippen LogP contribution in [0, 0.1) is 0 Å². The van der Waals surface area contributed by atoms with Crippen molar-refractivity contribution in [1.82, 2.24) is 10.2 Å². The van der Waals surface area contributed by atoms with Gasteiger partial charge in [0.2, 0.25) is 11.8 Å². The van der Waals surface area contributed by atoms with Gasteiger partial charge in [-0.2, -0.15) is 0 Å². The van der Waals surface area contributed by atoms with Gasteiger partial charge in [0.05, 0.1) is 10.6 Å². The number of hydrogen-bond acceptors (Lipinski definition) is 4. The summed E-state index contributed by atoms with van der Waals surface area (Å²) in [5.74, 6) is -0.478. The molecule has 0 bridgehead atoms. The van der Waals surface area contributed by atoms with Crippen molar-refractivity contribution in [3.05, 3.63) is 70.2 Å². The van der Waals surface area contributed by atoms with Gasteiger partial charge in [-0.3, -0.25) is 13.9 Å². The van der Waals surface area contributed by atoms with E-state index < -0.39 is 16.1 Å². The van der Waals surface area contributed by atoms with E-state index in [1.54, 1.807) is 41.3 Å². The molecule has 0 saturated carbocycles. The highest BCUT2D eigenvalue weighted by Crippen LogP contribution is 2.42. The van der Waals surface area contributed by atoms with Gasteiger partial charge in [-0.1, -0.05) is 67.4 Å². The van der Waals surface area contributed by atoms with Crippen molar-refractivity contribution in [1.29, 1.82) is 0 Å². The molecule has 0 fully saturated rings. The second-order valence-electron chi connectivity index (χ2n) is 9.81. The van der Waals surface area contributed by atoms with E-state index in [9.17, 15) is 18.0 Å². The number of carbonyl (C=O) groups excluding carboxylic acids is 2. The Kier molecular flexibility index (Phi) is 9.09. The van der Waals surface area contributed by atoms with Crippen molar-refractivity contribution in [2.45, 2.75) is 70.0 Å². The number of benzene rings is 3. The first kappa shape index (κ1) is 29.2. The molecule has 0 unspecified atom stereocenters. The molecular formula is C29H33Cl2N3O4S. The number of amides is 2. The molecule has 1 heterocycles. The quantitative estimate of drug-likeness (QED) is 0.290. The van der Waals surface area contributed by atoms with E-state index in [4.69, 9.17) is 23.2 Å². The maximum atomic E-state index is 13.6. The molecule has 0 spiro atoms. The fraction of sp³-hybridized carbons (Fsp3) is 0.379. The van der Waals surface area contributed by atoms with Crippen LogP contribution in [0.15, 0.2) is 59.5 Å². The van der Waals surface area contributed by atoms with Gasteiger partial charge in [-0.05, 0) is 61.4 Å². The summed E-state index contributed by atoms with van der Waals surface area (Å²) >= 11 is 12.5. The highest BCUT2D eigenvalue weighted by atomic mass is 35.5. The lowest BCUT2D eigenvalue weighted by molar-refractivity contribution is -0.141. The van der Waals surface area contributed by atoms with Crippen LogP contribution >= 0.6 is 23.2 Å². The van der Waals surface area contributed by atoms with E-state index in [0.29, 0.717) is 33.1 Å². The highest BCUT2D eigenvalue weighted by molar-refractivity contribution is 7.93. The summed E-state index contributed by atoms with van der Waals surface area (Å²) in [6.07, 6.45) is 1.53. The van der Waals surface area contributed by atoms with Crippen LogP contribution in [0.2, 0.25) is 10.0 Å². The number of anilines is 1. The third kappa shape index (κ3) is 6.03. The van der Waals surface area contributed by atoms with Gasteiger partial charge in [-0.15, -0.1) is 0 Å². The fourth-order valence-corrected chi connectivity index (χ4v) is 7.13. The Labute approximate surface area is 240 Å². The lowest BCUT2D eigenvalue weighted by Gasteiger charge is -2.32. The predicted molar refractivity (Wildman–Crippen MR) is 157 cm³/mol. The average molecular weight is 591 g/mol. The van der Waals surface area contributed by atoms with E-state index in [2.05, 4.69) is 5.32 Å². The van der Waals surface area contributed by atoms with E-state index in [0.717, 1.165) is 11.8 Å². The second kappa shape index (κ2) is 12.1. The minimum absolute atomic E-state index is 0.0349. The Morgan fingerprint density at radius 1 is 1.03 bits per heavy atom. The molecule has 39 heavy (non-hydrogen) atoms. The molecule has 1 N–H and O–H groups in total. The fourth-order valence-electron chi connectivity index (χ4n) is 4.91. The predicted octanol–water partition coefficient (Wildman–Crippen LogP) is 6.16. The molecule has 208 valence electrons. The zero-order chi connectivity index (χ0) is 28.3. The van der Waals surface area contributed by atoms with Gasteiger partial charge < -0.3 is 10.2 Å². The monoisotopic (exact) mass is 589 g/mol. The van der Waals surface area contributed by atoms with Gasteiger partial charge >= 0.3 is 0 Å². The SMILES string of the molecule is CC[C@@H](C)NC(=O)[C@@H](CC)N(Cc1ccc(Cl)cc1Cl)C(=O)CCCN1c2cccc3cccc(c23)S1(=O)=O. The van der Waals surface area contributed by atoms with E-state index in [1.807, 2.05) is 39.0 Å². The van der Waals surface area contributed by atoms with Crippen molar-refractivity contribution >= 4 is 61.5 Å². The van der Waals surface area contributed by atoms with Crippen LogP contribution in [0.5, 0.6) is 0 Å². The third-order valence-corrected chi connectivity index (χ3v) is 9.62. The van der Waals surface area contributed by atoms with E-state index >= 15 is 0 Å². The zero-order valence-corrected chi connectivity index (χ0v) is 24.6. The Bertz CT molecular complexity index is 1490. The molecule has 0 radical (unpaired) electrons. The summed E-state index contributed by atoms with van der Waals surface area (Å²) in [6.45, 7) is 6.04. The van der Waals surface area contributed by atoms with Crippen molar-refractivity contribution in [2.24, 2.45) is 0 Å². The summed E-state index contributed by atoms with van der Waals surface area (Å²) in [5, 5.41) is 5.43. The molecule has 10 heteroatoms. The highest BCUT2D eigenvalue weighted by Gasteiger charge is 2.35. The molecule has 7 nitrogen and oxygen atoms in total. The van der Waals surface area contributed by atoms with Gasteiger partial charge in [0.25, 0.3) is 10.0 Å². The number of hydrogen-bond donors (Lipinski definition) is 1. The molecule has 2 amide bonds. The van der Waals surface area contributed by atoms with E-state index in [-0.39, 0.29) is 48.7 Å².